The second kappa shape index (κ2) is 5.71. The molecular weight excluding hydrogens is 214 g/mol. The van der Waals surface area contributed by atoms with E-state index in [1.807, 2.05) is 31.0 Å². The van der Waals surface area contributed by atoms with E-state index in [0.717, 1.165) is 24.8 Å². The number of benzene rings is 1. The topological polar surface area (TPSA) is 40.5 Å². The monoisotopic (exact) mass is 235 g/mol. The number of carbonyl (C=O) groups excluding carboxylic acids is 1. The molecule has 1 N–H and O–H groups in total. The number of anilines is 1. The van der Waals surface area contributed by atoms with Gasteiger partial charge in [-0.25, -0.2) is 0 Å². The van der Waals surface area contributed by atoms with Gasteiger partial charge in [-0.15, -0.1) is 0 Å². The fraction of sp³-hybridized carbons (Fsp3) is 0.500. The third-order valence-electron chi connectivity index (χ3n) is 2.99. The lowest BCUT2D eigenvalue weighted by atomic mass is 9.87. The average molecular weight is 235 g/mol. The van der Waals surface area contributed by atoms with Gasteiger partial charge >= 0.3 is 0 Å². The fourth-order valence-corrected chi connectivity index (χ4v) is 2.09. The van der Waals surface area contributed by atoms with Crippen molar-refractivity contribution < 1.29 is 9.90 Å². The lowest BCUT2D eigenvalue weighted by molar-refractivity contribution is -0.115. The number of phenolic OH excluding ortho intramolecular Hbond substituents is 1. The highest BCUT2D eigenvalue weighted by atomic mass is 16.3. The molecule has 17 heavy (non-hydrogen) atoms. The van der Waals surface area contributed by atoms with Gasteiger partial charge < -0.3 is 14.8 Å². The number of nitrogens with zero attached hydrogens (tertiary/aromatic N) is 1. The van der Waals surface area contributed by atoms with E-state index in [9.17, 15) is 9.90 Å². The summed E-state index contributed by atoms with van der Waals surface area (Å²) in [4.78, 5) is 13.2. The molecule has 0 heterocycles. The highest BCUT2D eigenvalue weighted by Gasteiger charge is 2.24. The smallest absolute Gasteiger partial charge is 0.127 e. The van der Waals surface area contributed by atoms with E-state index in [1.165, 1.54) is 0 Å². The van der Waals surface area contributed by atoms with E-state index in [4.69, 9.17) is 0 Å². The Balaban J connectivity index is 2.73. The average Bonchev–Trinajstić information content (AvgIpc) is 2.30. The molecule has 0 saturated carbocycles. The molecule has 0 aromatic heterocycles. The molecular formula is C14H21NO2. The van der Waals surface area contributed by atoms with E-state index in [2.05, 4.69) is 6.92 Å². The quantitative estimate of drug-likeness (QED) is 0.771. The highest BCUT2D eigenvalue weighted by molar-refractivity contribution is 5.61. The van der Waals surface area contributed by atoms with Crippen LogP contribution in [-0.4, -0.2) is 25.0 Å². The predicted molar refractivity (Wildman–Crippen MR) is 70.5 cm³/mol. The number of hydrogen-bond donors (Lipinski definition) is 1. The molecule has 0 amide bonds. The molecule has 0 fully saturated rings. The summed E-state index contributed by atoms with van der Waals surface area (Å²) in [7, 11) is 1.96. The van der Waals surface area contributed by atoms with Crippen LogP contribution in [0.2, 0.25) is 0 Å². The number of carbonyl (C=O) groups is 1. The third-order valence-corrected chi connectivity index (χ3v) is 2.99. The summed E-state index contributed by atoms with van der Waals surface area (Å²) in [5.41, 5.74) is 0.702. The van der Waals surface area contributed by atoms with Crippen molar-refractivity contribution in [2.45, 2.75) is 26.7 Å². The molecule has 1 unspecified atom stereocenters. The third kappa shape index (κ3) is 3.77. The van der Waals surface area contributed by atoms with Gasteiger partial charge in [0.1, 0.15) is 12.0 Å². The molecule has 3 nitrogen and oxygen atoms in total. The molecule has 3 heteroatoms. The van der Waals surface area contributed by atoms with Crippen LogP contribution in [0, 0.1) is 5.41 Å². The summed E-state index contributed by atoms with van der Waals surface area (Å²) >= 11 is 0. The van der Waals surface area contributed by atoms with Gasteiger partial charge in [-0.1, -0.05) is 20.3 Å². The van der Waals surface area contributed by atoms with Crippen LogP contribution in [0.4, 0.5) is 5.69 Å². The van der Waals surface area contributed by atoms with Crippen molar-refractivity contribution in [2.24, 2.45) is 5.41 Å². The standard InChI is InChI=1S/C14H21NO2/c1-4-9-14(2,11-16)10-15(3)12-5-7-13(17)8-6-12/h5-8,11,17H,4,9-10H2,1-3H3. The zero-order valence-electron chi connectivity index (χ0n) is 10.8. The summed E-state index contributed by atoms with van der Waals surface area (Å²) in [5.74, 6) is 0.258. The maximum absolute atomic E-state index is 11.2. The van der Waals surface area contributed by atoms with Crippen LogP contribution in [0.5, 0.6) is 5.75 Å². The Labute approximate surface area is 103 Å². The Morgan fingerprint density at radius 1 is 1.35 bits per heavy atom. The van der Waals surface area contributed by atoms with Crippen LogP contribution in [0.1, 0.15) is 26.7 Å². The lowest BCUT2D eigenvalue weighted by Crippen LogP contribution is -2.34. The Morgan fingerprint density at radius 3 is 2.41 bits per heavy atom. The molecule has 1 rings (SSSR count). The highest BCUT2D eigenvalue weighted by Crippen LogP contribution is 2.25. The minimum atomic E-state index is -0.304. The summed E-state index contributed by atoms with van der Waals surface area (Å²) in [6, 6.07) is 7.02. The van der Waals surface area contributed by atoms with Crippen molar-refractivity contribution in [1.82, 2.24) is 0 Å². The van der Waals surface area contributed by atoms with Crippen LogP contribution in [-0.2, 0) is 4.79 Å². The molecule has 0 aliphatic rings. The van der Waals surface area contributed by atoms with Crippen molar-refractivity contribution in [3.05, 3.63) is 24.3 Å². The molecule has 0 saturated heterocycles. The first-order chi connectivity index (χ1) is 8.00. The summed E-state index contributed by atoms with van der Waals surface area (Å²) in [6.07, 6.45) is 2.94. The van der Waals surface area contributed by atoms with Crippen molar-refractivity contribution in [3.8, 4) is 5.75 Å². The van der Waals surface area contributed by atoms with E-state index >= 15 is 0 Å². The van der Waals surface area contributed by atoms with Crippen molar-refractivity contribution >= 4 is 12.0 Å². The lowest BCUT2D eigenvalue weighted by Gasteiger charge is -2.30. The molecule has 1 aromatic carbocycles. The number of phenols is 1. The van der Waals surface area contributed by atoms with Gasteiger partial charge in [0, 0.05) is 24.7 Å². The Morgan fingerprint density at radius 2 is 1.94 bits per heavy atom. The Bertz CT molecular complexity index is 361. The van der Waals surface area contributed by atoms with Crippen LogP contribution in [0.25, 0.3) is 0 Å². The van der Waals surface area contributed by atoms with Crippen molar-refractivity contribution in [3.63, 3.8) is 0 Å². The minimum Gasteiger partial charge on any atom is -0.508 e. The van der Waals surface area contributed by atoms with Gasteiger partial charge in [0.05, 0.1) is 0 Å². The van der Waals surface area contributed by atoms with Gasteiger partial charge in [0.15, 0.2) is 0 Å². The van der Waals surface area contributed by atoms with E-state index in [0.29, 0.717) is 6.54 Å². The zero-order chi connectivity index (χ0) is 12.9. The Kier molecular flexibility index (Phi) is 4.55. The second-order valence-electron chi connectivity index (χ2n) is 4.89. The number of aromatic hydroxyl groups is 1. The molecule has 0 radical (unpaired) electrons. The summed E-state index contributed by atoms with van der Waals surface area (Å²) in [6.45, 7) is 4.76. The molecule has 1 aromatic rings. The van der Waals surface area contributed by atoms with Gasteiger partial charge in [-0.2, -0.15) is 0 Å². The number of rotatable bonds is 6. The van der Waals surface area contributed by atoms with Gasteiger partial charge in [0.2, 0.25) is 0 Å². The zero-order valence-corrected chi connectivity index (χ0v) is 10.8. The van der Waals surface area contributed by atoms with Gasteiger partial charge in [0.25, 0.3) is 0 Å². The normalized spacial score (nSPS) is 14.1. The maximum Gasteiger partial charge on any atom is 0.127 e. The summed E-state index contributed by atoms with van der Waals surface area (Å²) in [5, 5.41) is 9.23. The molecule has 1 atom stereocenters. The molecule has 0 aliphatic heterocycles. The first kappa shape index (κ1) is 13.6. The van der Waals surface area contributed by atoms with Crippen LogP contribution < -0.4 is 4.90 Å². The second-order valence-corrected chi connectivity index (χ2v) is 4.89. The molecule has 0 aliphatic carbocycles. The van der Waals surface area contributed by atoms with Gasteiger partial charge in [-0.3, -0.25) is 0 Å². The number of aldehydes is 1. The van der Waals surface area contributed by atoms with Crippen LogP contribution >= 0.6 is 0 Å². The predicted octanol–water partition coefficient (Wildman–Crippen LogP) is 2.83. The van der Waals surface area contributed by atoms with Crippen molar-refractivity contribution in [2.75, 3.05) is 18.5 Å². The Hall–Kier alpha value is -1.51. The largest absolute Gasteiger partial charge is 0.508 e. The first-order valence-corrected chi connectivity index (χ1v) is 5.97. The van der Waals surface area contributed by atoms with E-state index in [1.54, 1.807) is 12.1 Å². The number of hydrogen-bond acceptors (Lipinski definition) is 3. The molecule has 0 spiro atoms. The SMILES string of the molecule is CCCC(C)(C=O)CN(C)c1ccc(O)cc1. The van der Waals surface area contributed by atoms with Gasteiger partial charge in [-0.05, 0) is 30.7 Å². The summed E-state index contributed by atoms with van der Waals surface area (Å²) < 4.78 is 0. The van der Waals surface area contributed by atoms with Crippen LogP contribution in [0.15, 0.2) is 24.3 Å². The molecule has 94 valence electrons. The maximum atomic E-state index is 11.2. The van der Waals surface area contributed by atoms with Crippen LogP contribution in [0.3, 0.4) is 0 Å². The minimum absolute atomic E-state index is 0.258. The van der Waals surface area contributed by atoms with E-state index < -0.39 is 0 Å². The fourth-order valence-electron chi connectivity index (χ4n) is 2.09. The first-order valence-electron chi connectivity index (χ1n) is 5.97. The molecule has 0 bridgehead atoms. The van der Waals surface area contributed by atoms with Crippen molar-refractivity contribution in [1.29, 1.82) is 0 Å². The van der Waals surface area contributed by atoms with E-state index in [-0.39, 0.29) is 11.2 Å².